The smallest absolute Gasteiger partial charge is 0.253 e. The molecule has 2 aromatic carbocycles. The number of aromatic nitrogens is 2. The van der Waals surface area contributed by atoms with Crippen LogP contribution in [0, 0.1) is 0 Å². The van der Waals surface area contributed by atoms with Gasteiger partial charge in [-0.05, 0) is 29.0 Å². The fraction of sp³-hybridized carbons (Fsp3) is 0.348. The number of morpholine rings is 1. The van der Waals surface area contributed by atoms with Crippen LogP contribution in [0.15, 0.2) is 54.7 Å². The van der Waals surface area contributed by atoms with E-state index in [4.69, 9.17) is 9.72 Å². The highest BCUT2D eigenvalue weighted by Crippen LogP contribution is 2.20. The number of carbonyl (C=O) groups excluding carboxylic acids is 1. The van der Waals surface area contributed by atoms with Gasteiger partial charge in [-0.15, -0.1) is 0 Å². The molecule has 1 amide bonds. The molecular formula is C23H25N5O2. The summed E-state index contributed by atoms with van der Waals surface area (Å²) in [7, 11) is 0. The Morgan fingerprint density at radius 2 is 1.60 bits per heavy atom. The molecule has 0 aliphatic carbocycles. The molecule has 30 heavy (non-hydrogen) atoms. The third-order valence-corrected chi connectivity index (χ3v) is 5.81. The Hall–Kier alpha value is -3.19. The highest BCUT2D eigenvalue weighted by atomic mass is 16.5. The lowest BCUT2D eigenvalue weighted by molar-refractivity contribution is 0.0746. The molecule has 0 spiro atoms. The van der Waals surface area contributed by atoms with Crippen LogP contribution < -0.4 is 9.80 Å². The van der Waals surface area contributed by atoms with Gasteiger partial charge in [-0.25, -0.2) is 4.98 Å². The van der Waals surface area contributed by atoms with E-state index >= 15 is 0 Å². The molecule has 0 N–H and O–H groups in total. The molecule has 2 aliphatic heterocycles. The monoisotopic (exact) mass is 403 g/mol. The Kier molecular flexibility index (Phi) is 5.19. The molecule has 0 radical (unpaired) electrons. The number of carbonyl (C=O) groups is 1. The summed E-state index contributed by atoms with van der Waals surface area (Å²) in [6.45, 7) is 5.95. The van der Waals surface area contributed by atoms with Gasteiger partial charge in [0.05, 0.1) is 13.2 Å². The molecule has 154 valence electrons. The van der Waals surface area contributed by atoms with Gasteiger partial charge in [0.1, 0.15) is 5.82 Å². The number of hydrogen-bond acceptors (Lipinski definition) is 6. The minimum atomic E-state index is 0.0945. The average molecular weight is 403 g/mol. The van der Waals surface area contributed by atoms with Gasteiger partial charge in [0.25, 0.3) is 5.91 Å². The van der Waals surface area contributed by atoms with Gasteiger partial charge < -0.3 is 19.4 Å². The van der Waals surface area contributed by atoms with Crippen LogP contribution in [0.5, 0.6) is 0 Å². The maximum absolute atomic E-state index is 13.0. The van der Waals surface area contributed by atoms with Crippen molar-refractivity contribution in [1.82, 2.24) is 14.9 Å². The Labute approximate surface area is 175 Å². The number of hydrogen-bond donors (Lipinski definition) is 0. The largest absolute Gasteiger partial charge is 0.378 e. The highest BCUT2D eigenvalue weighted by molar-refractivity contribution is 5.98. The zero-order valence-electron chi connectivity index (χ0n) is 16.9. The molecule has 5 rings (SSSR count). The maximum Gasteiger partial charge on any atom is 0.253 e. The number of nitrogens with zero attached hydrogens (tertiary/aromatic N) is 5. The van der Waals surface area contributed by atoms with Gasteiger partial charge in [-0.3, -0.25) is 4.79 Å². The van der Waals surface area contributed by atoms with Crippen molar-refractivity contribution in [2.24, 2.45) is 0 Å². The lowest BCUT2D eigenvalue weighted by Crippen LogP contribution is -2.49. The topological polar surface area (TPSA) is 61.8 Å². The summed E-state index contributed by atoms with van der Waals surface area (Å²) in [5.74, 6) is 1.77. The summed E-state index contributed by atoms with van der Waals surface area (Å²) in [5.41, 5.74) is 0.749. The Morgan fingerprint density at radius 3 is 2.40 bits per heavy atom. The van der Waals surface area contributed by atoms with Crippen LogP contribution in [0.2, 0.25) is 0 Å². The fourth-order valence-corrected chi connectivity index (χ4v) is 4.07. The van der Waals surface area contributed by atoms with E-state index in [-0.39, 0.29) is 5.91 Å². The van der Waals surface area contributed by atoms with Crippen LogP contribution in [0.25, 0.3) is 10.8 Å². The number of anilines is 2. The Bertz CT molecular complexity index is 1040. The lowest BCUT2D eigenvalue weighted by Gasteiger charge is -2.36. The molecule has 2 saturated heterocycles. The van der Waals surface area contributed by atoms with Crippen molar-refractivity contribution in [3.8, 4) is 0 Å². The molecule has 0 saturated carbocycles. The second-order valence-electron chi connectivity index (χ2n) is 7.66. The van der Waals surface area contributed by atoms with E-state index in [1.807, 2.05) is 53.6 Å². The number of benzene rings is 2. The second kappa shape index (κ2) is 8.28. The number of piperazine rings is 1. The second-order valence-corrected chi connectivity index (χ2v) is 7.66. The van der Waals surface area contributed by atoms with Gasteiger partial charge in [0, 0.05) is 51.0 Å². The minimum absolute atomic E-state index is 0.0945. The normalized spacial score (nSPS) is 17.4. The van der Waals surface area contributed by atoms with Crippen molar-refractivity contribution >= 4 is 28.4 Å². The molecule has 1 aromatic heterocycles. The van der Waals surface area contributed by atoms with Crippen LogP contribution >= 0.6 is 0 Å². The first kappa shape index (κ1) is 18.8. The predicted octanol–water partition coefficient (Wildman–Crippen LogP) is 2.43. The van der Waals surface area contributed by atoms with E-state index in [1.165, 1.54) is 0 Å². The summed E-state index contributed by atoms with van der Waals surface area (Å²) in [6, 6.07) is 16.0. The van der Waals surface area contributed by atoms with Gasteiger partial charge in [0.15, 0.2) is 0 Å². The first-order valence-corrected chi connectivity index (χ1v) is 10.5. The SMILES string of the molecule is O=C(c1ccc2ccccc2c1)N1CCN(c2ccnc(N3CCOCC3)n2)CC1. The van der Waals surface area contributed by atoms with Crippen molar-refractivity contribution in [2.75, 3.05) is 62.3 Å². The van der Waals surface area contributed by atoms with Crippen molar-refractivity contribution < 1.29 is 9.53 Å². The van der Waals surface area contributed by atoms with Crippen molar-refractivity contribution in [3.63, 3.8) is 0 Å². The van der Waals surface area contributed by atoms with E-state index in [0.717, 1.165) is 54.3 Å². The summed E-state index contributed by atoms with van der Waals surface area (Å²) < 4.78 is 5.42. The number of amides is 1. The first-order chi connectivity index (χ1) is 14.8. The van der Waals surface area contributed by atoms with Crippen molar-refractivity contribution in [2.45, 2.75) is 0 Å². The number of ether oxygens (including phenoxy) is 1. The highest BCUT2D eigenvalue weighted by Gasteiger charge is 2.24. The molecule has 0 bridgehead atoms. The lowest BCUT2D eigenvalue weighted by atomic mass is 10.1. The zero-order chi connectivity index (χ0) is 20.3. The van der Waals surface area contributed by atoms with Gasteiger partial charge in [0.2, 0.25) is 5.95 Å². The van der Waals surface area contributed by atoms with Gasteiger partial charge in [-0.1, -0.05) is 30.3 Å². The number of rotatable bonds is 3. The van der Waals surface area contributed by atoms with E-state index < -0.39 is 0 Å². The van der Waals surface area contributed by atoms with Crippen LogP contribution in [0.4, 0.5) is 11.8 Å². The van der Waals surface area contributed by atoms with Crippen LogP contribution in [-0.2, 0) is 4.74 Å². The summed E-state index contributed by atoms with van der Waals surface area (Å²) in [6.07, 6.45) is 1.82. The molecule has 0 unspecified atom stereocenters. The molecular weight excluding hydrogens is 378 g/mol. The molecule has 2 aliphatic rings. The van der Waals surface area contributed by atoms with Gasteiger partial charge >= 0.3 is 0 Å². The standard InChI is InChI=1S/C23H25N5O2/c29-22(20-6-5-18-3-1-2-4-19(18)17-20)27-11-9-26(10-12-27)21-7-8-24-23(25-21)28-13-15-30-16-14-28/h1-8,17H,9-16H2. The maximum atomic E-state index is 13.0. The van der Waals surface area contributed by atoms with E-state index in [1.54, 1.807) is 0 Å². The Balaban J connectivity index is 1.25. The van der Waals surface area contributed by atoms with Gasteiger partial charge in [-0.2, -0.15) is 4.98 Å². The van der Waals surface area contributed by atoms with Crippen molar-refractivity contribution in [1.29, 1.82) is 0 Å². The summed E-state index contributed by atoms with van der Waals surface area (Å²) in [5, 5.41) is 2.25. The quantitative estimate of drug-likeness (QED) is 0.669. The molecule has 7 heteroatoms. The molecule has 3 heterocycles. The summed E-state index contributed by atoms with van der Waals surface area (Å²) in [4.78, 5) is 28.5. The third-order valence-electron chi connectivity index (χ3n) is 5.81. The van der Waals surface area contributed by atoms with Crippen LogP contribution in [-0.4, -0.2) is 73.3 Å². The third kappa shape index (κ3) is 3.80. The molecule has 3 aromatic rings. The molecule has 2 fully saturated rings. The van der Waals surface area contributed by atoms with Crippen LogP contribution in [0.3, 0.4) is 0 Å². The molecule has 7 nitrogen and oxygen atoms in total. The molecule has 0 atom stereocenters. The predicted molar refractivity (Wildman–Crippen MR) is 117 cm³/mol. The van der Waals surface area contributed by atoms with E-state index in [0.29, 0.717) is 26.3 Å². The van der Waals surface area contributed by atoms with E-state index in [2.05, 4.69) is 20.9 Å². The zero-order valence-corrected chi connectivity index (χ0v) is 16.9. The average Bonchev–Trinajstić information content (AvgIpc) is 2.84. The Morgan fingerprint density at radius 1 is 0.833 bits per heavy atom. The fourth-order valence-electron chi connectivity index (χ4n) is 4.07. The van der Waals surface area contributed by atoms with Crippen LogP contribution in [0.1, 0.15) is 10.4 Å². The first-order valence-electron chi connectivity index (χ1n) is 10.5. The summed E-state index contributed by atoms with van der Waals surface area (Å²) >= 11 is 0. The number of fused-ring (bicyclic) bond motifs is 1. The van der Waals surface area contributed by atoms with E-state index in [9.17, 15) is 4.79 Å². The minimum Gasteiger partial charge on any atom is -0.378 e. The van der Waals surface area contributed by atoms with Crippen molar-refractivity contribution in [3.05, 3.63) is 60.3 Å².